The summed E-state index contributed by atoms with van der Waals surface area (Å²) in [6.07, 6.45) is 1.69. The van der Waals surface area contributed by atoms with Crippen LogP contribution in [0.25, 0.3) is 16.6 Å². The number of rotatable bonds is 8. The van der Waals surface area contributed by atoms with E-state index in [0.29, 0.717) is 22.8 Å². The number of aryl methyl sites for hydroxylation is 1. The molecule has 1 fully saturated rings. The quantitative estimate of drug-likeness (QED) is 0.270. The fraction of sp³-hybridized carbons (Fsp3) is 0.296. The predicted octanol–water partition coefficient (Wildman–Crippen LogP) is 4.13. The Hall–Kier alpha value is -3.46. The molecule has 1 aliphatic rings. The Morgan fingerprint density at radius 3 is 2.45 bits per heavy atom. The molecule has 13 heteroatoms. The van der Waals surface area contributed by atoms with Crippen molar-refractivity contribution in [2.45, 2.75) is 39.2 Å². The molecule has 210 valence electrons. The molecule has 0 unspecified atom stereocenters. The van der Waals surface area contributed by atoms with Crippen molar-refractivity contribution < 1.29 is 12.8 Å². The highest BCUT2D eigenvalue weighted by atomic mass is 127. The van der Waals surface area contributed by atoms with Crippen molar-refractivity contribution in [2.24, 2.45) is 7.05 Å². The maximum atomic E-state index is 14.9. The van der Waals surface area contributed by atoms with Crippen LogP contribution in [0.1, 0.15) is 37.8 Å². The first-order chi connectivity index (χ1) is 18.9. The number of benzene rings is 2. The van der Waals surface area contributed by atoms with Crippen molar-refractivity contribution in [3.8, 4) is 5.69 Å². The molecule has 2 N–H and O–H groups in total. The molecule has 0 atom stereocenters. The minimum atomic E-state index is -3.62. The number of fused-ring (bicyclic) bond motifs is 1. The normalized spacial score (nSPS) is 13.5. The number of anilines is 3. The Morgan fingerprint density at radius 2 is 1.80 bits per heavy atom. The third-order valence-electron chi connectivity index (χ3n) is 6.79. The first-order valence-corrected chi connectivity index (χ1v) is 15.4. The van der Waals surface area contributed by atoms with Gasteiger partial charge in [0, 0.05) is 22.2 Å². The number of nitrogens with zero attached hydrogens (tertiary/aromatic N) is 3. The molecule has 0 amide bonds. The van der Waals surface area contributed by atoms with E-state index >= 15 is 0 Å². The molecule has 4 aromatic rings. The average molecular weight is 680 g/mol. The molecular weight excluding hydrogens is 652 g/mol. The summed E-state index contributed by atoms with van der Waals surface area (Å²) in [5.41, 5.74) is -0.959. The first kappa shape index (κ1) is 28.1. The standard InChI is InChI=1S/C27H27FIN5O5S/c1-4-12-40(38,39)31-17-6-5-7-19(14-17)33-23-15(2)25(35)32(3)24(30-21-11-8-16(29)13-20(21)28)22(23)26(36)34(27(33)37)18-9-10-18/h5-8,11,13-14,18,30-31H,4,9-10,12H2,1-3H3. The predicted molar refractivity (Wildman–Crippen MR) is 162 cm³/mol. The maximum absolute atomic E-state index is 14.9. The molecule has 10 nitrogen and oxygen atoms in total. The first-order valence-electron chi connectivity index (χ1n) is 12.7. The third kappa shape index (κ3) is 5.07. The summed E-state index contributed by atoms with van der Waals surface area (Å²) in [7, 11) is -2.14. The number of halogens is 2. The SMILES string of the molecule is CCCS(=O)(=O)Nc1cccc(-n2c(=O)n(C3CC3)c(=O)c3c(Nc4ccc(I)cc4F)n(C)c(=O)c(C)c32)c1. The number of sulfonamides is 1. The monoisotopic (exact) mass is 679 g/mol. The lowest BCUT2D eigenvalue weighted by atomic mass is 10.1. The van der Waals surface area contributed by atoms with E-state index in [4.69, 9.17) is 0 Å². The molecule has 2 heterocycles. The van der Waals surface area contributed by atoms with Crippen LogP contribution in [-0.2, 0) is 17.1 Å². The van der Waals surface area contributed by atoms with Gasteiger partial charge < -0.3 is 5.32 Å². The number of hydrogen-bond donors (Lipinski definition) is 2. The summed E-state index contributed by atoms with van der Waals surface area (Å²) in [5, 5.41) is 2.97. The van der Waals surface area contributed by atoms with Gasteiger partial charge in [-0.15, -0.1) is 0 Å². The summed E-state index contributed by atoms with van der Waals surface area (Å²) in [5.74, 6) is -0.610. The smallest absolute Gasteiger partial charge is 0.336 e. The van der Waals surface area contributed by atoms with Crippen LogP contribution in [0, 0.1) is 16.3 Å². The Labute approximate surface area is 242 Å². The lowest BCUT2D eigenvalue weighted by Crippen LogP contribution is -2.41. The largest absolute Gasteiger partial charge is 0.338 e. The van der Waals surface area contributed by atoms with Gasteiger partial charge in [-0.1, -0.05) is 13.0 Å². The van der Waals surface area contributed by atoms with Gasteiger partial charge in [-0.3, -0.25) is 28.0 Å². The fourth-order valence-corrected chi connectivity index (χ4v) is 6.36. The van der Waals surface area contributed by atoms with E-state index in [1.54, 1.807) is 31.2 Å². The van der Waals surface area contributed by atoms with E-state index in [-0.39, 0.29) is 51.1 Å². The number of pyridine rings is 1. The average Bonchev–Trinajstić information content (AvgIpc) is 3.71. The van der Waals surface area contributed by atoms with Crippen molar-refractivity contribution in [2.75, 3.05) is 15.8 Å². The van der Waals surface area contributed by atoms with Crippen LogP contribution in [-0.4, -0.2) is 27.9 Å². The van der Waals surface area contributed by atoms with E-state index in [0.717, 1.165) is 4.57 Å². The summed E-state index contributed by atoms with van der Waals surface area (Å²) in [6.45, 7) is 3.27. The lowest BCUT2D eigenvalue weighted by Gasteiger charge is -2.21. The van der Waals surface area contributed by atoms with E-state index in [1.807, 2.05) is 22.6 Å². The van der Waals surface area contributed by atoms with Gasteiger partial charge in [0.1, 0.15) is 17.0 Å². The molecule has 2 aromatic heterocycles. The molecule has 40 heavy (non-hydrogen) atoms. The second-order valence-corrected chi connectivity index (χ2v) is 12.9. The van der Waals surface area contributed by atoms with E-state index < -0.39 is 32.6 Å². The van der Waals surface area contributed by atoms with Gasteiger partial charge in [0.05, 0.1) is 28.3 Å². The van der Waals surface area contributed by atoms with Crippen LogP contribution in [0.2, 0.25) is 0 Å². The summed E-state index contributed by atoms with van der Waals surface area (Å²) in [4.78, 5) is 41.2. The van der Waals surface area contributed by atoms with Crippen LogP contribution in [0.4, 0.5) is 21.6 Å². The maximum Gasteiger partial charge on any atom is 0.336 e. The van der Waals surface area contributed by atoms with E-state index in [2.05, 4.69) is 10.0 Å². The van der Waals surface area contributed by atoms with Crippen molar-refractivity contribution in [3.63, 3.8) is 0 Å². The number of hydrogen-bond acceptors (Lipinski definition) is 6. The van der Waals surface area contributed by atoms with Crippen LogP contribution < -0.4 is 26.8 Å². The third-order valence-corrected chi connectivity index (χ3v) is 8.95. The Morgan fingerprint density at radius 1 is 1.07 bits per heavy atom. The second-order valence-electron chi connectivity index (χ2n) is 9.81. The molecule has 5 rings (SSSR count). The summed E-state index contributed by atoms with van der Waals surface area (Å²) >= 11 is 1.98. The Balaban J connectivity index is 1.85. The van der Waals surface area contributed by atoms with Gasteiger partial charge in [-0.25, -0.2) is 17.6 Å². The molecular formula is C27H27FIN5O5S. The van der Waals surface area contributed by atoms with Gasteiger partial charge >= 0.3 is 5.69 Å². The molecule has 1 aliphatic carbocycles. The van der Waals surface area contributed by atoms with Crippen molar-refractivity contribution in [1.29, 1.82) is 0 Å². The Bertz CT molecular complexity index is 1960. The van der Waals surface area contributed by atoms with Crippen LogP contribution in [0.15, 0.2) is 56.8 Å². The lowest BCUT2D eigenvalue weighted by molar-refractivity contribution is 0.600. The van der Waals surface area contributed by atoms with Crippen molar-refractivity contribution >= 4 is 60.7 Å². The van der Waals surface area contributed by atoms with Gasteiger partial charge in [0.2, 0.25) is 10.0 Å². The zero-order valence-corrected chi connectivity index (χ0v) is 25.0. The summed E-state index contributed by atoms with van der Waals surface area (Å²) in [6, 6.07) is 10.4. The second kappa shape index (κ2) is 10.5. The van der Waals surface area contributed by atoms with Gasteiger partial charge in [-0.2, -0.15) is 0 Å². The number of nitrogens with one attached hydrogen (secondary N) is 2. The molecule has 0 radical (unpaired) electrons. The van der Waals surface area contributed by atoms with Crippen molar-refractivity contribution in [1.82, 2.24) is 13.7 Å². The highest BCUT2D eigenvalue weighted by Gasteiger charge is 2.31. The Kier molecular flexibility index (Phi) is 7.37. The van der Waals surface area contributed by atoms with Crippen LogP contribution in [0.5, 0.6) is 0 Å². The highest BCUT2D eigenvalue weighted by molar-refractivity contribution is 14.1. The van der Waals surface area contributed by atoms with E-state index in [9.17, 15) is 27.2 Å². The zero-order valence-electron chi connectivity index (χ0n) is 22.0. The fourth-order valence-electron chi connectivity index (χ4n) is 4.78. The van der Waals surface area contributed by atoms with Gasteiger partial charge in [0.25, 0.3) is 11.1 Å². The van der Waals surface area contributed by atoms with Crippen molar-refractivity contribution in [3.05, 3.63) is 88.6 Å². The molecule has 0 spiro atoms. The molecule has 2 aromatic carbocycles. The molecule has 1 saturated carbocycles. The minimum absolute atomic E-state index is 0.0404. The van der Waals surface area contributed by atoms with Gasteiger partial charge in [-0.05, 0) is 85.2 Å². The molecule has 0 saturated heterocycles. The number of aromatic nitrogens is 3. The zero-order chi connectivity index (χ0) is 28.9. The topological polar surface area (TPSA) is 124 Å². The van der Waals surface area contributed by atoms with E-state index in [1.165, 1.54) is 41.3 Å². The highest BCUT2D eigenvalue weighted by Crippen LogP contribution is 2.34. The van der Waals surface area contributed by atoms with Crippen LogP contribution >= 0.6 is 22.6 Å². The summed E-state index contributed by atoms with van der Waals surface area (Å²) < 4.78 is 46.5. The minimum Gasteiger partial charge on any atom is -0.338 e. The van der Waals surface area contributed by atoms with Crippen LogP contribution in [0.3, 0.4) is 0 Å². The molecule has 0 bridgehead atoms. The van der Waals surface area contributed by atoms with Gasteiger partial charge in [0.15, 0.2) is 0 Å². The molecule has 0 aliphatic heterocycles.